The Morgan fingerprint density at radius 2 is 1.81 bits per heavy atom. The molecular formula is C22H29N3O6S. The van der Waals surface area contributed by atoms with Crippen LogP contribution in [0.3, 0.4) is 0 Å². The van der Waals surface area contributed by atoms with E-state index in [0.717, 1.165) is 32.1 Å². The highest BCUT2D eigenvalue weighted by Crippen LogP contribution is 2.30. The number of hydrogen-bond acceptors (Lipinski definition) is 7. The van der Waals surface area contributed by atoms with Crippen molar-refractivity contribution in [2.24, 2.45) is 0 Å². The van der Waals surface area contributed by atoms with Crippen LogP contribution in [0.4, 0.5) is 0 Å². The van der Waals surface area contributed by atoms with Crippen molar-refractivity contribution in [3.8, 4) is 11.8 Å². The number of carbonyl (C=O) groups excluding carboxylic acids is 2. The third kappa shape index (κ3) is 5.05. The molecule has 1 heterocycles. The summed E-state index contributed by atoms with van der Waals surface area (Å²) in [4.78, 5) is 25.2. The average Bonchev–Trinajstić information content (AvgIpc) is 3.35. The molecule has 1 aliphatic carbocycles. The maximum atomic E-state index is 13.0. The predicted octanol–water partition coefficient (Wildman–Crippen LogP) is 2.37. The third-order valence-corrected chi connectivity index (χ3v) is 7.94. The molecule has 1 saturated carbocycles. The van der Waals surface area contributed by atoms with Crippen LogP contribution in [0, 0.1) is 11.3 Å². The van der Waals surface area contributed by atoms with Gasteiger partial charge in [0.25, 0.3) is 5.91 Å². The van der Waals surface area contributed by atoms with Crippen molar-refractivity contribution in [3.63, 3.8) is 0 Å². The van der Waals surface area contributed by atoms with Gasteiger partial charge in [-0.2, -0.15) is 9.57 Å². The van der Waals surface area contributed by atoms with Crippen LogP contribution in [-0.4, -0.2) is 56.4 Å². The molecule has 1 amide bonds. The van der Waals surface area contributed by atoms with E-state index in [9.17, 15) is 23.3 Å². The number of amides is 1. The number of nitrogens with one attached hydrogen (secondary N) is 1. The highest BCUT2D eigenvalue weighted by Gasteiger charge is 2.36. The molecule has 10 heteroatoms. The van der Waals surface area contributed by atoms with Crippen molar-refractivity contribution in [1.82, 2.24) is 9.62 Å². The Labute approximate surface area is 188 Å². The second-order valence-electron chi connectivity index (χ2n) is 8.27. The lowest BCUT2D eigenvalue weighted by Crippen LogP contribution is -2.52. The second-order valence-corrected chi connectivity index (χ2v) is 10.2. The molecule has 2 aliphatic rings. The van der Waals surface area contributed by atoms with E-state index in [-0.39, 0.29) is 16.2 Å². The number of nitrogens with zero attached hydrogens (tertiary/aromatic N) is 2. The normalized spacial score (nSPS) is 19.5. The van der Waals surface area contributed by atoms with E-state index in [1.807, 2.05) is 0 Å². The molecule has 9 nitrogen and oxygen atoms in total. The first-order valence-corrected chi connectivity index (χ1v) is 12.3. The van der Waals surface area contributed by atoms with Gasteiger partial charge >= 0.3 is 5.97 Å². The molecule has 0 spiro atoms. The van der Waals surface area contributed by atoms with Gasteiger partial charge in [0.1, 0.15) is 16.2 Å². The summed E-state index contributed by atoms with van der Waals surface area (Å²) < 4.78 is 37.9. The van der Waals surface area contributed by atoms with Crippen LogP contribution in [0.15, 0.2) is 23.1 Å². The highest BCUT2D eigenvalue weighted by atomic mass is 32.2. The van der Waals surface area contributed by atoms with Crippen LogP contribution in [0.2, 0.25) is 0 Å². The molecule has 32 heavy (non-hydrogen) atoms. The van der Waals surface area contributed by atoms with Gasteiger partial charge in [0.15, 0.2) is 6.10 Å². The van der Waals surface area contributed by atoms with E-state index in [1.165, 1.54) is 36.5 Å². The number of nitriles is 1. The molecule has 2 fully saturated rings. The van der Waals surface area contributed by atoms with Crippen molar-refractivity contribution >= 4 is 21.9 Å². The third-order valence-electron chi connectivity index (χ3n) is 6.02. The minimum absolute atomic E-state index is 0.00381. The summed E-state index contributed by atoms with van der Waals surface area (Å²) in [6.45, 7) is 2.25. The van der Waals surface area contributed by atoms with E-state index in [0.29, 0.717) is 25.9 Å². The van der Waals surface area contributed by atoms with Gasteiger partial charge in [0.2, 0.25) is 10.0 Å². The molecule has 1 N–H and O–H groups in total. The minimum atomic E-state index is -3.83. The van der Waals surface area contributed by atoms with Crippen molar-refractivity contribution in [1.29, 1.82) is 5.26 Å². The van der Waals surface area contributed by atoms with Gasteiger partial charge in [-0.1, -0.05) is 19.3 Å². The fourth-order valence-electron chi connectivity index (χ4n) is 4.11. The second kappa shape index (κ2) is 9.88. The number of ether oxygens (including phenoxy) is 2. The maximum Gasteiger partial charge on any atom is 0.338 e. The van der Waals surface area contributed by atoms with Gasteiger partial charge in [-0.25, -0.2) is 13.2 Å². The Hall–Kier alpha value is -2.64. The predicted molar refractivity (Wildman–Crippen MR) is 115 cm³/mol. The number of carbonyl (C=O) groups is 2. The molecule has 0 bridgehead atoms. The van der Waals surface area contributed by atoms with Crippen LogP contribution in [0.1, 0.15) is 62.2 Å². The van der Waals surface area contributed by atoms with E-state index < -0.39 is 33.5 Å². The molecule has 1 saturated heterocycles. The topological polar surface area (TPSA) is 126 Å². The van der Waals surface area contributed by atoms with Gasteiger partial charge in [-0.05, 0) is 50.8 Å². The lowest BCUT2D eigenvalue weighted by atomic mass is 9.83. The van der Waals surface area contributed by atoms with E-state index >= 15 is 0 Å². The Bertz CT molecular complexity index is 1000. The van der Waals surface area contributed by atoms with Crippen LogP contribution < -0.4 is 10.1 Å². The number of rotatable bonds is 7. The zero-order chi connectivity index (χ0) is 23.4. The number of methoxy groups -OCH3 is 1. The van der Waals surface area contributed by atoms with Crippen LogP contribution in [0.5, 0.6) is 5.75 Å². The van der Waals surface area contributed by atoms with Gasteiger partial charge < -0.3 is 14.8 Å². The van der Waals surface area contributed by atoms with Crippen molar-refractivity contribution in [3.05, 3.63) is 23.8 Å². The van der Waals surface area contributed by atoms with Crippen molar-refractivity contribution in [2.75, 3.05) is 20.2 Å². The summed E-state index contributed by atoms with van der Waals surface area (Å²) in [7, 11) is -2.47. The number of sulfonamides is 1. The molecule has 3 rings (SSSR count). The monoisotopic (exact) mass is 463 g/mol. The maximum absolute atomic E-state index is 13.0. The summed E-state index contributed by atoms with van der Waals surface area (Å²) in [5, 5.41) is 12.3. The largest absolute Gasteiger partial charge is 0.495 e. The van der Waals surface area contributed by atoms with Gasteiger partial charge in [0, 0.05) is 13.1 Å². The summed E-state index contributed by atoms with van der Waals surface area (Å²) in [5.41, 5.74) is -0.941. The highest BCUT2D eigenvalue weighted by molar-refractivity contribution is 7.89. The van der Waals surface area contributed by atoms with E-state index in [1.54, 1.807) is 0 Å². The molecule has 174 valence electrons. The van der Waals surface area contributed by atoms with Gasteiger partial charge in [0.05, 0.1) is 18.7 Å². The Kier molecular flexibility index (Phi) is 7.41. The Morgan fingerprint density at radius 1 is 1.16 bits per heavy atom. The fraction of sp³-hybridized carbons (Fsp3) is 0.591. The van der Waals surface area contributed by atoms with E-state index in [2.05, 4.69) is 11.4 Å². The quantitative estimate of drug-likeness (QED) is 0.615. The number of benzene rings is 1. The minimum Gasteiger partial charge on any atom is -0.495 e. The Morgan fingerprint density at radius 3 is 2.41 bits per heavy atom. The molecular weight excluding hydrogens is 434 g/mol. The summed E-state index contributed by atoms with van der Waals surface area (Å²) >= 11 is 0. The number of esters is 1. The molecule has 1 aliphatic heterocycles. The van der Waals surface area contributed by atoms with Crippen molar-refractivity contribution < 1.29 is 27.5 Å². The average molecular weight is 464 g/mol. The zero-order valence-electron chi connectivity index (χ0n) is 18.4. The van der Waals surface area contributed by atoms with Crippen LogP contribution >= 0.6 is 0 Å². The molecule has 0 aromatic heterocycles. The van der Waals surface area contributed by atoms with E-state index in [4.69, 9.17) is 9.47 Å². The van der Waals surface area contributed by atoms with Crippen LogP contribution in [-0.2, 0) is 19.6 Å². The van der Waals surface area contributed by atoms with Crippen LogP contribution in [0.25, 0.3) is 0 Å². The first-order chi connectivity index (χ1) is 15.2. The summed E-state index contributed by atoms with van der Waals surface area (Å²) in [5.74, 6) is -1.25. The molecule has 0 radical (unpaired) electrons. The summed E-state index contributed by atoms with van der Waals surface area (Å²) in [6.07, 6.45) is 4.25. The molecule has 1 aromatic rings. The summed E-state index contributed by atoms with van der Waals surface area (Å²) in [6, 6.07) is 6.21. The lowest BCUT2D eigenvalue weighted by molar-refractivity contribution is -0.130. The lowest BCUT2D eigenvalue weighted by Gasteiger charge is -2.32. The smallest absolute Gasteiger partial charge is 0.338 e. The number of hydrogen-bond donors (Lipinski definition) is 1. The fourth-order valence-corrected chi connectivity index (χ4v) is 5.81. The molecule has 1 unspecified atom stereocenters. The van der Waals surface area contributed by atoms with Gasteiger partial charge in [-0.15, -0.1) is 0 Å². The Balaban J connectivity index is 1.74. The first-order valence-electron chi connectivity index (χ1n) is 10.8. The van der Waals surface area contributed by atoms with Gasteiger partial charge in [-0.3, -0.25) is 4.79 Å². The standard InChI is InChI=1S/C22H29N3O6S/c1-16(20(26)24-22(15-23)10-4-3-5-11-22)31-21(27)17-8-9-18(30-2)19(14-17)32(28,29)25-12-6-7-13-25/h8-9,14,16H,3-7,10-13H2,1-2H3,(H,24,26). The first kappa shape index (κ1) is 24.0. The van der Waals surface area contributed by atoms with Crippen molar-refractivity contribution in [2.45, 2.75) is 68.4 Å². The molecule has 1 aromatic carbocycles. The molecule has 1 atom stereocenters. The zero-order valence-corrected chi connectivity index (χ0v) is 19.2. The SMILES string of the molecule is COc1ccc(C(=O)OC(C)C(=O)NC2(C#N)CCCCC2)cc1S(=O)(=O)N1CCCC1.